The van der Waals surface area contributed by atoms with Crippen molar-refractivity contribution in [1.82, 2.24) is 10.3 Å². The fourth-order valence-corrected chi connectivity index (χ4v) is 2.65. The molecule has 0 aromatic carbocycles. The van der Waals surface area contributed by atoms with Crippen molar-refractivity contribution in [3.8, 4) is 0 Å². The first-order chi connectivity index (χ1) is 9.41. The summed E-state index contributed by atoms with van der Waals surface area (Å²) in [5.41, 5.74) is 5.41. The van der Waals surface area contributed by atoms with Gasteiger partial charge in [-0.1, -0.05) is 11.3 Å². The van der Waals surface area contributed by atoms with Crippen LogP contribution in [-0.2, 0) is 4.74 Å². The Hall–Kier alpha value is -1.34. The number of ether oxygens (including phenoxy) is 1. The molecule has 1 aromatic heterocycles. The maximum atomic E-state index is 12.1. The zero-order valence-electron chi connectivity index (χ0n) is 12.2. The largest absolute Gasteiger partial charge is 0.382 e. The molecule has 0 unspecified atom stereocenters. The maximum Gasteiger partial charge on any atom is 0.265 e. The number of carbonyl (C=O) groups excluding carboxylic acids is 1. The van der Waals surface area contributed by atoms with Gasteiger partial charge >= 0.3 is 0 Å². The van der Waals surface area contributed by atoms with Crippen LogP contribution < -0.4 is 16.4 Å². The average molecular weight is 298 g/mol. The number of nitrogen functional groups attached to an aromatic ring is 1. The van der Waals surface area contributed by atoms with Crippen LogP contribution in [0.25, 0.3) is 0 Å². The second kappa shape index (κ2) is 5.97. The molecule has 4 N–H and O–H groups in total. The molecule has 1 aliphatic rings. The molecular formula is C13H22N4O2S. The topological polar surface area (TPSA) is 89.3 Å². The lowest BCUT2D eigenvalue weighted by molar-refractivity contribution is -0.00812. The number of rotatable bonds is 7. The van der Waals surface area contributed by atoms with Gasteiger partial charge in [-0.05, 0) is 33.6 Å². The molecule has 0 radical (unpaired) electrons. The number of nitrogens with two attached hydrogens (primary N) is 1. The Morgan fingerprint density at radius 2 is 2.25 bits per heavy atom. The smallest absolute Gasteiger partial charge is 0.265 e. The molecule has 1 aliphatic carbocycles. The van der Waals surface area contributed by atoms with Crippen molar-refractivity contribution < 1.29 is 9.53 Å². The number of nitrogens with one attached hydrogen (secondary N) is 2. The van der Waals surface area contributed by atoms with Gasteiger partial charge in [0.1, 0.15) is 10.7 Å². The molecule has 6 nitrogen and oxygen atoms in total. The van der Waals surface area contributed by atoms with Crippen LogP contribution in [-0.4, -0.2) is 35.7 Å². The minimum absolute atomic E-state index is 0.198. The number of aromatic nitrogens is 1. The lowest BCUT2D eigenvalue weighted by Gasteiger charge is -2.24. The SMILES string of the molecule is CCOC(C)(C)CNC(=O)c1sc(NC2CC2)nc1N. The summed E-state index contributed by atoms with van der Waals surface area (Å²) in [6.45, 7) is 6.85. The summed E-state index contributed by atoms with van der Waals surface area (Å²) >= 11 is 1.30. The molecule has 0 spiro atoms. The van der Waals surface area contributed by atoms with Crippen LogP contribution in [0.2, 0.25) is 0 Å². The van der Waals surface area contributed by atoms with Crippen LogP contribution in [0.15, 0.2) is 0 Å². The summed E-state index contributed by atoms with van der Waals surface area (Å²) in [5, 5.41) is 6.81. The van der Waals surface area contributed by atoms with Crippen molar-refractivity contribution in [2.75, 3.05) is 24.2 Å². The molecule has 0 saturated heterocycles. The third-order valence-corrected chi connectivity index (χ3v) is 3.98. The monoisotopic (exact) mass is 298 g/mol. The van der Waals surface area contributed by atoms with E-state index in [0.717, 1.165) is 18.0 Å². The van der Waals surface area contributed by atoms with Crippen molar-refractivity contribution in [3.63, 3.8) is 0 Å². The summed E-state index contributed by atoms with van der Waals surface area (Å²) in [6.07, 6.45) is 2.31. The molecule has 112 valence electrons. The second-order valence-electron chi connectivity index (χ2n) is 5.53. The third-order valence-electron chi connectivity index (χ3n) is 2.97. The summed E-state index contributed by atoms with van der Waals surface area (Å²) < 4.78 is 5.54. The zero-order valence-corrected chi connectivity index (χ0v) is 13.0. The molecule has 2 rings (SSSR count). The van der Waals surface area contributed by atoms with Gasteiger partial charge in [-0.3, -0.25) is 4.79 Å². The van der Waals surface area contributed by atoms with Gasteiger partial charge in [-0.15, -0.1) is 0 Å². The van der Waals surface area contributed by atoms with Crippen LogP contribution in [0.5, 0.6) is 0 Å². The van der Waals surface area contributed by atoms with Gasteiger partial charge in [0, 0.05) is 19.2 Å². The van der Waals surface area contributed by atoms with E-state index >= 15 is 0 Å². The molecule has 1 aromatic rings. The van der Waals surface area contributed by atoms with Gasteiger partial charge in [0.2, 0.25) is 0 Å². The van der Waals surface area contributed by atoms with E-state index in [9.17, 15) is 4.79 Å². The Kier molecular flexibility index (Phi) is 4.49. The van der Waals surface area contributed by atoms with E-state index in [-0.39, 0.29) is 17.3 Å². The fourth-order valence-electron chi connectivity index (χ4n) is 1.77. The fraction of sp³-hybridized carbons (Fsp3) is 0.692. The minimum atomic E-state index is -0.390. The first-order valence-corrected chi connectivity index (χ1v) is 7.68. The predicted octanol–water partition coefficient (Wildman–Crippen LogP) is 1.84. The maximum absolute atomic E-state index is 12.1. The number of hydrogen-bond acceptors (Lipinski definition) is 6. The molecule has 20 heavy (non-hydrogen) atoms. The van der Waals surface area contributed by atoms with Crippen LogP contribution in [0.1, 0.15) is 43.3 Å². The van der Waals surface area contributed by atoms with E-state index in [1.165, 1.54) is 11.3 Å². The standard InChI is InChI=1S/C13H22N4O2S/c1-4-19-13(2,3)7-15-11(18)9-10(14)17-12(20-9)16-8-5-6-8/h8H,4-7,14H2,1-3H3,(H,15,18)(H,16,17). The Labute approximate surface area is 123 Å². The number of thiazole rings is 1. The average Bonchev–Trinajstić information content (AvgIpc) is 3.09. The van der Waals surface area contributed by atoms with Gasteiger partial charge in [-0.25, -0.2) is 4.98 Å². The molecule has 0 bridgehead atoms. The number of carbonyl (C=O) groups is 1. The summed E-state index contributed by atoms with van der Waals surface area (Å²) in [5.74, 6) is 0.0847. The van der Waals surface area contributed by atoms with Crippen LogP contribution >= 0.6 is 11.3 Å². The lowest BCUT2D eigenvalue weighted by atomic mass is 10.1. The highest BCUT2D eigenvalue weighted by molar-refractivity contribution is 7.18. The normalized spacial score (nSPS) is 15.2. The molecule has 1 heterocycles. The highest BCUT2D eigenvalue weighted by atomic mass is 32.1. The van der Waals surface area contributed by atoms with E-state index < -0.39 is 0 Å². The number of anilines is 2. The van der Waals surface area contributed by atoms with Crippen molar-refractivity contribution >= 4 is 28.2 Å². The van der Waals surface area contributed by atoms with Crippen molar-refractivity contribution in [1.29, 1.82) is 0 Å². The first-order valence-electron chi connectivity index (χ1n) is 6.86. The summed E-state index contributed by atoms with van der Waals surface area (Å²) in [4.78, 5) is 16.8. The highest BCUT2D eigenvalue weighted by Gasteiger charge is 2.25. The molecule has 0 atom stereocenters. The van der Waals surface area contributed by atoms with Gasteiger partial charge in [-0.2, -0.15) is 0 Å². The number of hydrogen-bond donors (Lipinski definition) is 3. The Morgan fingerprint density at radius 1 is 1.55 bits per heavy atom. The minimum Gasteiger partial charge on any atom is -0.382 e. The van der Waals surface area contributed by atoms with E-state index in [4.69, 9.17) is 10.5 Å². The first kappa shape index (κ1) is 15.1. The Balaban J connectivity index is 1.92. The number of nitrogens with zero attached hydrogens (tertiary/aromatic N) is 1. The molecule has 0 aliphatic heterocycles. The third kappa shape index (κ3) is 4.08. The quantitative estimate of drug-likeness (QED) is 0.715. The van der Waals surface area contributed by atoms with Crippen molar-refractivity contribution in [2.45, 2.75) is 45.3 Å². The predicted molar refractivity (Wildman–Crippen MR) is 81.2 cm³/mol. The Bertz CT molecular complexity index is 483. The number of amides is 1. The molecule has 1 saturated carbocycles. The van der Waals surface area contributed by atoms with Gasteiger partial charge in [0.05, 0.1) is 5.60 Å². The summed E-state index contributed by atoms with van der Waals surface area (Å²) in [7, 11) is 0. The molecule has 7 heteroatoms. The second-order valence-corrected chi connectivity index (χ2v) is 6.53. The van der Waals surface area contributed by atoms with E-state index in [1.54, 1.807) is 0 Å². The van der Waals surface area contributed by atoms with Crippen LogP contribution in [0.3, 0.4) is 0 Å². The van der Waals surface area contributed by atoms with Gasteiger partial charge < -0.3 is 21.1 Å². The van der Waals surface area contributed by atoms with Gasteiger partial charge in [0.15, 0.2) is 5.13 Å². The van der Waals surface area contributed by atoms with Crippen LogP contribution in [0, 0.1) is 0 Å². The zero-order chi connectivity index (χ0) is 14.8. The highest BCUT2D eigenvalue weighted by Crippen LogP contribution is 2.30. The molecular weight excluding hydrogens is 276 g/mol. The van der Waals surface area contributed by atoms with Crippen LogP contribution in [0.4, 0.5) is 10.9 Å². The van der Waals surface area contributed by atoms with Gasteiger partial charge in [0.25, 0.3) is 5.91 Å². The summed E-state index contributed by atoms with van der Waals surface area (Å²) in [6, 6.07) is 0.494. The molecule has 1 fully saturated rings. The Morgan fingerprint density at radius 3 is 2.85 bits per heavy atom. The van der Waals surface area contributed by atoms with E-state index in [0.29, 0.717) is 24.1 Å². The van der Waals surface area contributed by atoms with E-state index in [1.807, 2.05) is 20.8 Å². The lowest BCUT2D eigenvalue weighted by Crippen LogP contribution is -2.40. The van der Waals surface area contributed by atoms with Crippen molar-refractivity contribution in [2.24, 2.45) is 0 Å². The molecule has 1 amide bonds. The van der Waals surface area contributed by atoms with E-state index in [2.05, 4.69) is 15.6 Å². The van der Waals surface area contributed by atoms with Crippen molar-refractivity contribution in [3.05, 3.63) is 4.88 Å².